The van der Waals surface area contributed by atoms with Gasteiger partial charge in [0, 0.05) is 25.3 Å². The van der Waals surface area contributed by atoms with Crippen LogP contribution in [0.5, 0.6) is 5.75 Å². The summed E-state index contributed by atoms with van der Waals surface area (Å²) in [6, 6.07) is 4.99. The number of unbranched alkanes of at least 4 members (excludes halogenated alkanes) is 9. The highest BCUT2D eigenvalue weighted by Crippen LogP contribution is 2.17. The van der Waals surface area contributed by atoms with Crippen LogP contribution in [0.25, 0.3) is 0 Å². The summed E-state index contributed by atoms with van der Waals surface area (Å²) in [6.07, 6.45) is 10.8. The first kappa shape index (κ1) is 33.6. The van der Waals surface area contributed by atoms with Crippen molar-refractivity contribution in [2.45, 2.75) is 77.6 Å². The molecule has 220 valence electrons. The molecule has 1 aromatic rings. The summed E-state index contributed by atoms with van der Waals surface area (Å²) in [7, 11) is 0. The molecular weight excluding hydrogens is 512 g/mol. The van der Waals surface area contributed by atoms with Crippen molar-refractivity contribution in [2.24, 2.45) is 0 Å². The van der Waals surface area contributed by atoms with Crippen molar-refractivity contribution >= 4 is 23.9 Å². The van der Waals surface area contributed by atoms with E-state index in [1.807, 2.05) is 0 Å². The molecule has 1 rings (SSSR count). The first-order valence-corrected chi connectivity index (χ1v) is 13.7. The molecular formula is C27H42N2O10. The van der Waals surface area contributed by atoms with Crippen molar-refractivity contribution < 1.29 is 43.0 Å². The molecule has 0 atom stereocenters. The standard InChI is InChI=1S/C27H42N2O10/c1-2-3-4-5-6-7-8-9-10-11-19-36-25(30)22-38-26(31)28-17-12-18-35-20-21-37-27(32)39-24-15-13-23(14-16-24)29(33)34/h13-16H,2-12,17-22H2,1H3,(H,28,31). The Morgan fingerprint density at radius 3 is 2.05 bits per heavy atom. The van der Waals surface area contributed by atoms with Crippen LogP contribution in [-0.2, 0) is 23.7 Å². The van der Waals surface area contributed by atoms with Crippen LogP contribution in [0, 0.1) is 10.1 Å². The van der Waals surface area contributed by atoms with E-state index in [-0.39, 0.29) is 31.2 Å². The highest BCUT2D eigenvalue weighted by molar-refractivity contribution is 5.75. The van der Waals surface area contributed by atoms with E-state index in [2.05, 4.69) is 12.2 Å². The van der Waals surface area contributed by atoms with Crippen LogP contribution in [0.3, 0.4) is 0 Å². The van der Waals surface area contributed by atoms with Gasteiger partial charge < -0.3 is 29.0 Å². The summed E-state index contributed by atoms with van der Waals surface area (Å²) in [5.41, 5.74) is -0.121. The molecule has 0 spiro atoms. The number of rotatable bonds is 22. The Kier molecular flexibility index (Phi) is 19.4. The predicted molar refractivity (Wildman–Crippen MR) is 143 cm³/mol. The Bertz CT molecular complexity index is 832. The Morgan fingerprint density at radius 2 is 1.41 bits per heavy atom. The molecule has 1 amide bonds. The van der Waals surface area contributed by atoms with Crippen LogP contribution in [0.4, 0.5) is 15.3 Å². The van der Waals surface area contributed by atoms with Crippen molar-refractivity contribution in [3.63, 3.8) is 0 Å². The summed E-state index contributed by atoms with van der Waals surface area (Å²) in [5.74, 6) is -0.455. The fourth-order valence-corrected chi connectivity index (χ4v) is 3.40. The number of nitrogens with zero attached hydrogens (tertiary/aromatic N) is 1. The van der Waals surface area contributed by atoms with Gasteiger partial charge in [0.1, 0.15) is 12.4 Å². The van der Waals surface area contributed by atoms with Crippen LogP contribution in [0.2, 0.25) is 0 Å². The largest absolute Gasteiger partial charge is 0.513 e. The second-order valence-electron chi connectivity index (χ2n) is 8.82. The molecule has 0 saturated carbocycles. The fraction of sp³-hybridized carbons (Fsp3) is 0.667. The van der Waals surface area contributed by atoms with Gasteiger partial charge in [-0.3, -0.25) is 10.1 Å². The van der Waals surface area contributed by atoms with E-state index >= 15 is 0 Å². The molecule has 39 heavy (non-hydrogen) atoms. The number of carbonyl (C=O) groups excluding carboxylic acids is 3. The maximum absolute atomic E-state index is 11.7. The average Bonchev–Trinajstić information content (AvgIpc) is 2.92. The molecule has 1 aromatic carbocycles. The Balaban J connectivity index is 1.89. The number of non-ortho nitro benzene ring substituents is 1. The van der Waals surface area contributed by atoms with E-state index in [9.17, 15) is 24.5 Å². The first-order chi connectivity index (χ1) is 18.9. The number of esters is 1. The molecule has 0 aliphatic rings. The lowest BCUT2D eigenvalue weighted by molar-refractivity contribution is -0.384. The maximum atomic E-state index is 11.7. The van der Waals surface area contributed by atoms with E-state index < -0.39 is 29.7 Å². The predicted octanol–water partition coefficient (Wildman–Crippen LogP) is 5.71. The van der Waals surface area contributed by atoms with Crippen molar-refractivity contribution in [3.8, 4) is 5.75 Å². The summed E-state index contributed by atoms with van der Waals surface area (Å²) in [4.78, 5) is 44.9. The topological polar surface area (TPSA) is 153 Å². The Hall–Kier alpha value is -3.41. The summed E-state index contributed by atoms with van der Waals surface area (Å²) >= 11 is 0. The van der Waals surface area contributed by atoms with Gasteiger partial charge in [0.05, 0.1) is 18.1 Å². The van der Waals surface area contributed by atoms with Gasteiger partial charge in [-0.05, 0) is 25.0 Å². The molecule has 0 heterocycles. The lowest BCUT2D eigenvalue weighted by atomic mass is 10.1. The molecule has 12 heteroatoms. The summed E-state index contributed by atoms with van der Waals surface area (Å²) < 4.78 is 24.9. The van der Waals surface area contributed by atoms with E-state index in [0.717, 1.165) is 19.3 Å². The number of nitro benzene ring substituents is 1. The quantitative estimate of drug-likeness (QED) is 0.0471. The number of alkyl carbamates (subject to hydrolysis) is 1. The van der Waals surface area contributed by atoms with Gasteiger partial charge >= 0.3 is 18.2 Å². The van der Waals surface area contributed by atoms with Crippen molar-refractivity contribution in [2.75, 3.05) is 39.6 Å². The van der Waals surface area contributed by atoms with Crippen LogP contribution in [0.1, 0.15) is 77.6 Å². The van der Waals surface area contributed by atoms with Crippen molar-refractivity contribution in [1.29, 1.82) is 0 Å². The molecule has 0 bridgehead atoms. The molecule has 0 fully saturated rings. The number of nitrogens with one attached hydrogen (secondary N) is 1. The van der Waals surface area contributed by atoms with Crippen LogP contribution in [-0.4, -0.2) is 62.7 Å². The molecule has 12 nitrogen and oxygen atoms in total. The third-order valence-electron chi connectivity index (χ3n) is 5.51. The molecule has 0 aliphatic heterocycles. The van der Waals surface area contributed by atoms with E-state index in [0.29, 0.717) is 19.6 Å². The molecule has 0 radical (unpaired) electrons. The SMILES string of the molecule is CCCCCCCCCCCCOC(=O)COC(=O)NCCCOCCOC(=O)Oc1ccc([N+](=O)[O-])cc1. The van der Waals surface area contributed by atoms with Gasteiger partial charge in [0.25, 0.3) is 5.69 Å². The van der Waals surface area contributed by atoms with Gasteiger partial charge in [0.2, 0.25) is 0 Å². The van der Waals surface area contributed by atoms with Gasteiger partial charge in [-0.15, -0.1) is 0 Å². The number of carbonyl (C=O) groups is 3. The smallest absolute Gasteiger partial charge is 0.463 e. The normalized spacial score (nSPS) is 10.5. The molecule has 1 N–H and O–H groups in total. The van der Waals surface area contributed by atoms with Gasteiger partial charge in [-0.2, -0.15) is 0 Å². The molecule has 0 aliphatic carbocycles. The Labute approximate surface area is 229 Å². The zero-order valence-corrected chi connectivity index (χ0v) is 22.9. The minimum absolute atomic E-state index is 0.0531. The van der Waals surface area contributed by atoms with E-state index in [1.54, 1.807) is 0 Å². The third-order valence-corrected chi connectivity index (χ3v) is 5.51. The number of ether oxygens (including phenoxy) is 5. The highest BCUT2D eigenvalue weighted by atomic mass is 16.7. The number of hydrogen-bond acceptors (Lipinski definition) is 10. The van der Waals surface area contributed by atoms with Crippen LogP contribution in [0.15, 0.2) is 24.3 Å². The number of amides is 1. The lowest BCUT2D eigenvalue weighted by Crippen LogP contribution is -2.28. The lowest BCUT2D eigenvalue weighted by Gasteiger charge is -2.08. The maximum Gasteiger partial charge on any atom is 0.513 e. The van der Waals surface area contributed by atoms with Crippen molar-refractivity contribution in [3.05, 3.63) is 34.4 Å². The summed E-state index contributed by atoms with van der Waals surface area (Å²) in [6.45, 7) is 2.74. The second-order valence-corrected chi connectivity index (χ2v) is 8.82. The minimum Gasteiger partial charge on any atom is -0.463 e. The van der Waals surface area contributed by atoms with E-state index in [1.165, 1.54) is 69.2 Å². The van der Waals surface area contributed by atoms with Gasteiger partial charge in [0.15, 0.2) is 6.61 Å². The average molecular weight is 555 g/mol. The van der Waals surface area contributed by atoms with Crippen molar-refractivity contribution in [1.82, 2.24) is 5.32 Å². The molecule has 0 aromatic heterocycles. The monoisotopic (exact) mass is 554 g/mol. The second kappa shape index (κ2) is 22.6. The van der Waals surface area contributed by atoms with Gasteiger partial charge in [-0.25, -0.2) is 14.4 Å². The zero-order chi connectivity index (χ0) is 28.6. The summed E-state index contributed by atoms with van der Waals surface area (Å²) in [5, 5.41) is 13.1. The molecule has 0 saturated heterocycles. The zero-order valence-electron chi connectivity index (χ0n) is 22.9. The number of nitro groups is 1. The van der Waals surface area contributed by atoms with E-state index in [4.69, 9.17) is 23.7 Å². The number of hydrogen-bond donors (Lipinski definition) is 1. The highest BCUT2D eigenvalue weighted by Gasteiger charge is 2.10. The molecule has 0 unspecified atom stereocenters. The van der Waals surface area contributed by atoms with Crippen LogP contribution >= 0.6 is 0 Å². The first-order valence-electron chi connectivity index (χ1n) is 13.7. The fourth-order valence-electron chi connectivity index (χ4n) is 3.40. The van der Waals surface area contributed by atoms with Crippen LogP contribution < -0.4 is 10.1 Å². The minimum atomic E-state index is -0.959. The Morgan fingerprint density at radius 1 is 0.769 bits per heavy atom. The number of benzene rings is 1. The van der Waals surface area contributed by atoms with Gasteiger partial charge in [-0.1, -0.05) is 64.7 Å². The third kappa shape index (κ3) is 19.3.